The minimum absolute atomic E-state index is 0.186. The Balaban J connectivity index is 2.39. The van der Waals surface area contributed by atoms with Crippen molar-refractivity contribution in [2.45, 2.75) is 0 Å². The lowest BCUT2D eigenvalue weighted by Crippen LogP contribution is -1.89. The van der Waals surface area contributed by atoms with Crippen LogP contribution in [-0.4, -0.2) is 21.0 Å². The fourth-order valence-electron chi connectivity index (χ4n) is 0.808. The molecule has 6 heteroatoms. The van der Waals surface area contributed by atoms with Gasteiger partial charge in [0.2, 0.25) is 0 Å². The molecule has 2 aromatic heterocycles. The number of carboxylic acids is 1. The van der Waals surface area contributed by atoms with Crippen molar-refractivity contribution >= 4 is 17.3 Å². The summed E-state index contributed by atoms with van der Waals surface area (Å²) >= 11 is 1.05. The Hall–Kier alpha value is -1.69. The number of carboxylic acid groups (broad SMARTS) is 1. The zero-order valence-corrected chi connectivity index (χ0v) is 7.11. The number of rotatable bonds is 2. The lowest BCUT2D eigenvalue weighted by molar-refractivity contribution is 0.0702. The lowest BCUT2D eigenvalue weighted by Gasteiger charge is -1.83. The molecule has 0 aliphatic heterocycles. The van der Waals surface area contributed by atoms with Crippen LogP contribution in [0.25, 0.3) is 10.8 Å². The van der Waals surface area contributed by atoms with Gasteiger partial charge in [-0.25, -0.2) is 14.8 Å². The molecule has 1 N–H and O–H groups in total. The zero-order chi connectivity index (χ0) is 9.26. The van der Waals surface area contributed by atoms with Gasteiger partial charge < -0.3 is 9.52 Å². The normalized spacial score (nSPS) is 10.2. The summed E-state index contributed by atoms with van der Waals surface area (Å²) in [6, 6.07) is 0. The summed E-state index contributed by atoms with van der Waals surface area (Å²) in [6.45, 7) is 0. The van der Waals surface area contributed by atoms with Crippen molar-refractivity contribution in [2.24, 2.45) is 0 Å². The molecule has 0 atom stereocenters. The average Bonchev–Trinajstić information content (AvgIpc) is 2.75. The number of aromatic nitrogens is 2. The summed E-state index contributed by atoms with van der Waals surface area (Å²) in [5.74, 6) is -0.499. The number of nitrogens with zero attached hydrogens (tertiary/aromatic N) is 2. The summed E-state index contributed by atoms with van der Waals surface area (Å²) in [6.07, 6.45) is 4.06. The fourth-order valence-corrected chi connectivity index (χ4v) is 1.52. The van der Waals surface area contributed by atoms with E-state index in [1.54, 1.807) is 0 Å². The summed E-state index contributed by atoms with van der Waals surface area (Å²) in [4.78, 5) is 18.3. The Morgan fingerprint density at radius 2 is 2.38 bits per heavy atom. The predicted octanol–water partition coefficient (Wildman–Crippen LogP) is 1.50. The van der Waals surface area contributed by atoms with Gasteiger partial charge in [0, 0.05) is 0 Å². The second-order valence-corrected chi connectivity index (χ2v) is 3.23. The molecule has 0 fully saturated rings. The number of hydrogen-bond donors (Lipinski definition) is 1. The van der Waals surface area contributed by atoms with Crippen molar-refractivity contribution in [2.75, 3.05) is 0 Å². The van der Waals surface area contributed by atoms with Crippen LogP contribution in [0.3, 0.4) is 0 Å². The molecular weight excluding hydrogens is 192 g/mol. The van der Waals surface area contributed by atoms with Crippen molar-refractivity contribution in [3.8, 4) is 10.8 Å². The maximum Gasteiger partial charge on any atom is 0.347 e. The van der Waals surface area contributed by atoms with E-state index in [4.69, 9.17) is 9.52 Å². The SMILES string of the molecule is O=C(O)c1cnc(-c2cnco2)s1. The van der Waals surface area contributed by atoms with Crippen LogP contribution in [0.5, 0.6) is 0 Å². The summed E-state index contributed by atoms with van der Waals surface area (Å²) in [5, 5.41) is 9.14. The third kappa shape index (κ3) is 1.43. The van der Waals surface area contributed by atoms with E-state index in [9.17, 15) is 4.79 Å². The van der Waals surface area contributed by atoms with Crippen LogP contribution >= 0.6 is 11.3 Å². The molecule has 0 bridgehead atoms. The highest BCUT2D eigenvalue weighted by Gasteiger charge is 2.11. The van der Waals surface area contributed by atoms with E-state index < -0.39 is 5.97 Å². The Kier molecular flexibility index (Phi) is 1.82. The quantitative estimate of drug-likeness (QED) is 0.787. The molecule has 2 heterocycles. The summed E-state index contributed by atoms with van der Waals surface area (Å²) < 4.78 is 4.96. The molecule has 66 valence electrons. The minimum atomic E-state index is -0.983. The molecule has 0 spiro atoms. The van der Waals surface area contributed by atoms with E-state index in [0.29, 0.717) is 10.8 Å². The summed E-state index contributed by atoms with van der Waals surface area (Å²) in [7, 11) is 0. The monoisotopic (exact) mass is 196 g/mol. The highest BCUT2D eigenvalue weighted by Crippen LogP contribution is 2.24. The number of oxazole rings is 1. The molecule has 0 saturated heterocycles. The van der Waals surface area contributed by atoms with Gasteiger partial charge in [-0.2, -0.15) is 0 Å². The Labute approximate surface area is 76.7 Å². The topological polar surface area (TPSA) is 76.2 Å². The van der Waals surface area contributed by atoms with E-state index in [0.717, 1.165) is 11.3 Å². The van der Waals surface area contributed by atoms with Crippen LogP contribution in [-0.2, 0) is 0 Å². The average molecular weight is 196 g/mol. The van der Waals surface area contributed by atoms with Gasteiger partial charge in [0.25, 0.3) is 0 Å². The molecule has 0 saturated carbocycles. The van der Waals surface area contributed by atoms with E-state index >= 15 is 0 Å². The highest BCUT2D eigenvalue weighted by atomic mass is 32.1. The predicted molar refractivity (Wildman–Crippen MR) is 44.6 cm³/mol. The van der Waals surface area contributed by atoms with Crippen LogP contribution in [0.2, 0.25) is 0 Å². The minimum Gasteiger partial charge on any atom is -0.477 e. The first-order chi connectivity index (χ1) is 6.27. The summed E-state index contributed by atoms with van der Waals surface area (Å²) in [5.41, 5.74) is 0. The van der Waals surface area contributed by atoms with Gasteiger partial charge >= 0.3 is 5.97 Å². The number of hydrogen-bond acceptors (Lipinski definition) is 5. The third-order valence-corrected chi connectivity index (χ3v) is 2.36. The van der Waals surface area contributed by atoms with Gasteiger partial charge in [-0.1, -0.05) is 0 Å². The lowest BCUT2D eigenvalue weighted by atomic mass is 10.5. The van der Waals surface area contributed by atoms with Gasteiger partial charge in [-0.05, 0) is 0 Å². The molecule has 2 rings (SSSR count). The molecule has 13 heavy (non-hydrogen) atoms. The molecule has 2 aromatic rings. The first-order valence-corrected chi connectivity index (χ1v) is 4.17. The van der Waals surface area contributed by atoms with Crippen LogP contribution in [0.4, 0.5) is 0 Å². The van der Waals surface area contributed by atoms with Crippen LogP contribution < -0.4 is 0 Å². The first kappa shape index (κ1) is 7.93. The van der Waals surface area contributed by atoms with Gasteiger partial charge in [-0.3, -0.25) is 0 Å². The van der Waals surface area contributed by atoms with Crippen molar-refractivity contribution in [1.29, 1.82) is 0 Å². The maximum atomic E-state index is 10.5. The fraction of sp³-hybridized carbons (Fsp3) is 0. The Morgan fingerprint density at radius 3 is 2.92 bits per heavy atom. The molecule has 0 radical (unpaired) electrons. The van der Waals surface area contributed by atoms with E-state index in [1.165, 1.54) is 18.8 Å². The van der Waals surface area contributed by atoms with Crippen LogP contribution in [0.15, 0.2) is 23.2 Å². The van der Waals surface area contributed by atoms with E-state index in [1.807, 2.05) is 0 Å². The van der Waals surface area contributed by atoms with Crippen molar-refractivity contribution < 1.29 is 14.3 Å². The molecule has 0 aromatic carbocycles. The number of aromatic carboxylic acids is 1. The van der Waals surface area contributed by atoms with Crippen LogP contribution in [0, 0.1) is 0 Å². The van der Waals surface area contributed by atoms with Gasteiger partial charge in [-0.15, -0.1) is 11.3 Å². The van der Waals surface area contributed by atoms with E-state index in [-0.39, 0.29) is 4.88 Å². The zero-order valence-electron chi connectivity index (χ0n) is 6.30. The molecule has 0 amide bonds. The number of carbonyl (C=O) groups is 1. The molecular formula is C7H4N2O3S. The van der Waals surface area contributed by atoms with Crippen molar-refractivity contribution in [1.82, 2.24) is 9.97 Å². The van der Waals surface area contributed by atoms with Crippen molar-refractivity contribution in [3.05, 3.63) is 23.7 Å². The van der Waals surface area contributed by atoms with Gasteiger partial charge in [0.05, 0.1) is 12.4 Å². The largest absolute Gasteiger partial charge is 0.477 e. The second kappa shape index (κ2) is 2.98. The molecule has 0 aliphatic rings. The van der Waals surface area contributed by atoms with Crippen molar-refractivity contribution in [3.63, 3.8) is 0 Å². The van der Waals surface area contributed by atoms with Gasteiger partial charge in [0.15, 0.2) is 17.2 Å². The molecule has 0 aliphatic carbocycles. The highest BCUT2D eigenvalue weighted by molar-refractivity contribution is 7.16. The Morgan fingerprint density at radius 1 is 1.54 bits per heavy atom. The van der Waals surface area contributed by atoms with Crippen LogP contribution in [0.1, 0.15) is 9.67 Å². The maximum absolute atomic E-state index is 10.5. The smallest absolute Gasteiger partial charge is 0.347 e. The second-order valence-electron chi connectivity index (χ2n) is 2.20. The van der Waals surface area contributed by atoms with Gasteiger partial charge in [0.1, 0.15) is 4.88 Å². The number of thiazole rings is 1. The third-order valence-electron chi connectivity index (χ3n) is 1.36. The first-order valence-electron chi connectivity index (χ1n) is 3.35. The molecule has 5 nitrogen and oxygen atoms in total. The van der Waals surface area contributed by atoms with E-state index in [2.05, 4.69) is 9.97 Å². The standard InChI is InChI=1S/C7H4N2O3S/c10-7(11)5-2-9-6(13-5)4-1-8-3-12-4/h1-3H,(H,10,11). The Bertz CT molecular complexity index is 421. The molecule has 0 unspecified atom stereocenters.